The molecular weight excluding hydrogens is 482 g/mol. The summed E-state index contributed by atoms with van der Waals surface area (Å²) >= 11 is 0. The first kappa shape index (κ1) is 28.2. The van der Waals surface area contributed by atoms with E-state index in [1.165, 1.54) is 0 Å². The quantitative estimate of drug-likeness (QED) is 0.172. The summed E-state index contributed by atoms with van der Waals surface area (Å²) in [7, 11) is -10.9. The zero-order chi connectivity index (χ0) is 25.1. The van der Waals surface area contributed by atoms with Gasteiger partial charge in [0, 0.05) is 27.7 Å². The summed E-state index contributed by atoms with van der Waals surface area (Å²) in [4.78, 5) is 85.6. The Morgan fingerprint density at radius 1 is 0.875 bits per heavy atom. The number of hydrogen-bond donors (Lipinski definition) is 4. The predicted molar refractivity (Wildman–Crippen MR) is 99.9 cm³/mol. The summed E-state index contributed by atoms with van der Waals surface area (Å²) in [5, 5.41) is -3.32. The topological polar surface area (TPSA) is 229 Å². The molecular formula is C15H24O15P2. The highest BCUT2D eigenvalue weighted by Crippen LogP contribution is 2.61. The lowest BCUT2D eigenvalue weighted by molar-refractivity contribution is -0.265. The molecule has 0 aromatic rings. The molecule has 184 valence electrons. The lowest BCUT2D eigenvalue weighted by Gasteiger charge is -2.51. The van der Waals surface area contributed by atoms with E-state index in [-0.39, 0.29) is 0 Å². The molecule has 5 atom stereocenters. The smallest absolute Gasteiger partial charge is 0.375 e. The third-order valence-corrected chi connectivity index (χ3v) is 6.44. The minimum atomic E-state index is -5.81. The van der Waals surface area contributed by atoms with Gasteiger partial charge in [-0.05, 0) is 0 Å². The van der Waals surface area contributed by atoms with E-state index in [1.54, 1.807) is 0 Å². The van der Waals surface area contributed by atoms with E-state index in [0.717, 1.165) is 27.7 Å². The fourth-order valence-corrected chi connectivity index (χ4v) is 5.39. The number of rotatable bonds is 8. The van der Waals surface area contributed by atoms with Crippen molar-refractivity contribution in [1.82, 2.24) is 0 Å². The number of carbonyl (C=O) groups excluding carboxylic acids is 4. The lowest BCUT2D eigenvalue weighted by atomic mass is 9.94. The monoisotopic (exact) mass is 506 g/mol. The molecule has 0 aliphatic carbocycles. The van der Waals surface area contributed by atoms with E-state index in [9.17, 15) is 47.9 Å². The molecule has 0 saturated carbocycles. The van der Waals surface area contributed by atoms with Gasteiger partial charge in [-0.3, -0.25) is 28.3 Å². The second-order valence-electron chi connectivity index (χ2n) is 6.81. The van der Waals surface area contributed by atoms with Crippen LogP contribution in [-0.4, -0.2) is 86.0 Å². The molecule has 1 saturated heterocycles. The van der Waals surface area contributed by atoms with Crippen molar-refractivity contribution in [1.29, 1.82) is 0 Å². The fraction of sp³-hybridized carbons (Fsp3) is 0.733. The molecule has 32 heavy (non-hydrogen) atoms. The van der Waals surface area contributed by atoms with Crippen LogP contribution in [0.25, 0.3) is 0 Å². The van der Waals surface area contributed by atoms with Gasteiger partial charge in [-0.15, -0.1) is 0 Å². The van der Waals surface area contributed by atoms with Crippen molar-refractivity contribution in [3.05, 3.63) is 0 Å². The van der Waals surface area contributed by atoms with E-state index in [4.69, 9.17) is 23.7 Å². The third kappa shape index (κ3) is 7.07. The van der Waals surface area contributed by atoms with E-state index in [2.05, 4.69) is 0 Å². The lowest BCUT2D eigenvalue weighted by Crippen LogP contribution is -2.70. The van der Waals surface area contributed by atoms with Crippen molar-refractivity contribution < 1.29 is 71.6 Å². The van der Waals surface area contributed by atoms with Gasteiger partial charge in [0.1, 0.15) is 18.8 Å². The largest absolute Gasteiger partial charge is 0.463 e. The average molecular weight is 506 g/mol. The molecule has 4 N–H and O–H groups in total. The maximum atomic E-state index is 12.6. The highest BCUT2D eigenvalue weighted by atomic mass is 31.2. The Morgan fingerprint density at radius 3 is 1.78 bits per heavy atom. The van der Waals surface area contributed by atoms with Crippen LogP contribution in [0, 0.1) is 0 Å². The Bertz CT molecular complexity index is 844. The van der Waals surface area contributed by atoms with Gasteiger partial charge >= 0.3 is 39.1 Å². The number of esters is 4. The summed E-state index contributed by atoms with van der Waals surface area (Å²) in [6.07, 6.45) is -9.55. The van der Waals surface area contributed by atoms with Crippen molar-refractivity contribution in [3.8, 4) is 0 Å². The van der Waals surface area contributed by atoms with Crippen molar-refractivity contribution in [2.45, 2.75) is 57.5 Å². The minimum absolute atomic E-state index is 0.725. The van der Waals surface area contributed by atoms with Crippen LogP contribution in [0.1, 0.15) is 27.7 Å². The summed E-state index contributed by atoms with van der Waals surface area (Å²) in [6.45, 7) is 2.69. The van der Waals surface area contributed by atoms with Gasteiger partial charge in [-0.25, -0.2) is 0 Å². The molecule has 0 spiro atoms. The molecule has 17 heteroatoms. The van der Waals surface area contributed by atoms with Crippen molar-refractivity contribution in [3.63, 3.8) is 0 Å². The summed E-state index contributed by atoms with van der Waals surface area (Å²) in [5.74, 6) is -4.43. The van der Waals surface area contributed by atoms with E-state index in [1.807, 2.05) is 0 Å². The second-order valence-corrected chi connectivity index (χ2v) is 10.3. The average Bonchev–Trinajstić information content (AvgIpc) is 2.54. The Labute approximate surface area is 181 Å². The van der Waals surface area contributed by atoms with Gasteiger partial charge in [0.05, 0.1) is 6.16 Å². The van der Waals surface area contributed by atoms with E-state index < -0.39 is 81.6 Å². The second kappa shape index (κ2) is 10.4. The van der Waals surface area contributed by atoms with Gasteiger partial charge in [-0.1, -0.05) is 0 Å². The van der Waals surface area contributed by atoms with Crippen LogP contribution < -0.4 is 0 Å². The van der Waals surface area contributed by atoms with Gasteiger partial charge < -0.3 is 43.3 Å². The Kier molecular flexibility index (Phi) is 9.14. The minimum Gasteiger partial charge on any atom is -0.463 e. The SMILES string of the molecule is CC(=O)OC[C@H]1O[C@H](CP(=O)(O)O)[C@@](OC(C)=O)(P(=O)(O)O)[C@@H](OC(C)=O)[C@H]1OC(C)=O. The highest BCUT2D eigenvalue weighted by molar-refractivity contribution is 7.54. The first-order valence-corrected chi connectivity index (χ1v) is 12.2. The predicted octanol–water partition coefficient (Wildman–Crippen LogP) is -1.20. The normalized spacial score (nSPS) is 28.4. The van der Waals surface area contributed by atoms with Crippen LogP contribution in [0.3, 0.4) is 0 Å². The summed E-state index contributed by atoms with van der Waals surface area (Å²) in [6, 6.07) is 0. The van der Waals surface area contributed by atoms with Crippen molar-refractivity contribution in [2.24, 2.45) is 0 Å². The molecule has 1 rings (SSSR count). The molecule has 1 fully saturated rings. The first-order chi connectivity index (χ1) is 14.4. The molecule has 0 amide bonds. The number of hydrogen-bond acceptors (Lipinski definition) is 11. The van der Waals surface area contributed by atoms with Crippen molar-refractivity contribution >= 4 is 39.1 Å². The third-order valence-electron chi connectivity index (χ3n) is 4.08. The van der Waals surface area contributed by atoms with Gasteiger partial charge in [0.15, 0.2) is 12.2 Å². The molecule has 0 aromatic carbocycles. The number of ether oxygens (including phenoxy) is 5. The number of carbonyl (C=O) groups is 4. The van der Waals surface area contributed by atoms with E-state index in [0.29, 0.717) is 0 Å². The molecule has 0 aromatic heterocycles. The van der Waals surface area contributed by atoms with Crippen LogP contribution in [0.15, 0.2) is 0 Å². The molecule has 1 aliphatic rings. The Morgan fingerprint density at radius 2 is 1.41 bits per heavy atom. The van der Waals surface area contributed by atoms with Gasteiger partial charge in [-0.2, -0.15) is 0 Å². The van der Waals surface area contributed by atoms with Crippen LogP contribution in [0.2, 0.25) is 0 Å². The van der Waals surface area contributed by atoms with Gasteiger partial charge in [0.25, 0.3) is 5.34 Å². The van der Waals surface area contributed by atoms with Crippen LogP contribution in [-0.2, 0) is 52.0 Å². The van der Waals surface area contributed by atoms with E-state index >= 15 is 0 Å². The fourth-order valence-electron chi connectivity index (χ4n) is 3.15. The zero-order valence-electron chi connectivity index (χ0n) is 17.4. The summed E-state index contributed by atoms with van der Waals surface area (Å²) in [5.41, 5.74) is 0. The zero-order valence-corrected chi connectivity index (χ0v) is 19.2. The molecule has 1 aliphatic heterocycles. The highest BCUT2D eigenvalue weighted by Gasteiger charge is 2.71. The molecule has 1 heterocycles. The van der Waals surface area contributed by atoms with Crippen LogP contribution >= 0.6 is 15.2 Å². The summed E-state index contributed by atoms with van der Waals surface area (Å²) < 4.78 is 49.3. The molecule has 0 radical (unpaired) electrons. The molecule has 15 nitrogen and oxygen atoms in total. The maximum absolute atomic E-state index is 12.6. The molecule has 0 bridgehead atoms. The standard InChI is InChI=1S/C15H24O15P2/c1-7(16)26-5-11-13(27-8(2)17)14(28-9(3)18)15(30-10(4)19,32(23,24)25)12(29-11)6-31(20,21)22/h11-14H,5-6H2,1-4H3,(H2,20,21,22)(H2,23,24,25)/t11-,12-,13+,14+,15-/m1/s1. The Hall–Kier alpha value is -1.86. The maximum Gasteiger partial charge on any atom is 0.375 e. The molecule has 0 unspecified atom stereocenters. The van der Waals surface area contributed by atoms with Crippen molar-refractivity contribution in [2.75, 3.05) is 12.8 Å². The van der Waals surface area contributed by atoms with Crippen LogP contribution in [0.5, 0.6) is 0 Å². The van der Waals surface area contributed by atoms with Gasteiger partial charge in [0.2, 0.25) is 0 Å². The van der Waals surface area contributed by atoms with Crippen LogP contribution in [0.4, 0.5) is 0 Å². The Balaban J connectivity index is 3.85. The first-order valence-electron chi connectivity index (χ1n) is 8.83.